The minimum atomic E-state index is -3.89. The lowest BCUT2D eigenvalue weighted by atomic mass is 10.0. The van der Waals surface area contributed by atoms with Crippen molar-refractivity contribution >= 4 is 38.9 Å². The van der Waals surface area contributed by atoms with E-state index in [4.69, 9.17) is 16.3 Å². The van der Waals surface area contributed by atoms with Gasteiger partial charge in [0.2, 0.25) is 15.9 Å². The molecule has 2 atom stereocenters. The van der Waals surface area contributed by atoms with E-state index in [1.165, 1.54) is 21.3 Å². The average molecular weight is 547 g/mol. The summed E-state index contributed by atoms with van der Waals surface area (Å²) in [7, 11) is -3.89. The fourth-order valence-electron chi connectivity index (χ4n) is 4.33. The number of hydrogen-bond acceptors (Lipinski definition) is 5. The Bertz CT molecular complexity index is 1290. The van der Waals surface area contributed by atoms with Crippen LogP contribution in [0.4, 0.5) is 0 Å². The number of sulfonamides is 1. The summed E-state index contributed by atoms with van der Waals surface area (Å²) >= 11 is 7.65. The Labute approximate surface area is 222 Å². The standard InChI is InChI=1S/C27H31ClN2O4S2/c1-4-20(3)30(36(32,33)23-11-7-21(28)8-12-23)17-27(31)29-15-13-26-24(14-16-35-26)25(29)18-34-22-9-5-19(2)6-10-22/h5-12,14,16,20,25H,4,13,15,17-18H2,1-3H3/t20-,25+/m1/s1. The Kier molecular flexibility index (Phi) is 8.40. The molecule has 0 radical (unpaired) electrons. The molecule has 0 bridgehead atoms. The van der Waals surface area contributed by atoms with Crippen molar-refractivity contribution in [1.82, 2.24) is 9.21 Å². The third kappa shape index (κ3) is 5.78. The number of amides is 1. The molecule has 2 heterocycles. The highest BCUT2D eigenvalue weighted by atomic mass is 35.5. The molecule has 0 unspecified atom stereocenters. The van der Waals surface area contributed by atoms with Crippen molar-refractivity contribution in [1.29, 1.82) is 0 Å². The fourth-order valence-corrected chi connectivity index (χ4v) is 7.04. The number of aryl methyl sites for hydroxylation is 1. The smallest absolute Gasteiger partial charge is 0.243 e. The molecule has 1 aliphatic rings. The molecule has 4 rings (SSSR count). The first-order valence-corrected chi connectivity index (χ1v) is 14.7. The van der Waals surface area contributed by atoms with Gasteiger partial charge in [-0.1, -0.05) is 36.2 Å². The molecule has 1 amide bonds. The number of nitrogens with zero attached hydrogens (tertiary/aromatic N) is 2. The van der Waals surface area contributed by atoms with E-state index >= 15 is 0 Å². The first-order chi connectivity index (χ1) is 17.2. The fraction of sp³-hybridized carbons (Fsp3) is 0.370. The van der Waals surface area contributed by atoms with Crippen molar-refractivity contribution in [3.05, 3.63) is 81.0 Å². The van der Waals surface area contributed by atoms with Gasteiger partial charge in [0.05, 0.1) is 17.5 Å². The average Bonchev–Trinajstić information content (AvgIpc) is 3.35. The van der Waals surface area contributed by atoms with Gasteiger partial charge in [0.25, 0.3) is 0 Å². The lowest BCUT2D eigenvalue weighted by molar-refractivity contribution is -0.135. The van der Waals surface area contributed by atoms with Gasteiger partial charge in [0, 0.05) is 22.5 Å². The van der Waals surface area contributed by atoms with E-state index in [9.17, 15) is 13.2 Å². The van der Waals surface area contributed by atoms with Gasteiger partial charge in [-0.3, -0.25) is 4.79 Å². The predicted octanol–water partition coefficient (Wildman–Crippen LogP) is 5.70. The van der Waals surface area contributed by atoms with Crippen LogP contribution >= 0.6 is 22.9 Å². The number of thiophene rings is 1. The molecule has 1 aromatic heterocycles. The Morgan fingerprint density at radius 1 is 1.17 bits per heavy atom. The van der Waals surface area contributed by atoms with Crippen molar-refractivity contribution < 1.29 is 17.9 Å². The number of carbonyl (C=O) groups is 1. The molecule has 0 spiro atoms. The highest BCUT2D eigenvalue weighted by molar-refractivity contribution is 7.89. The van der Waals surface area contributed by atoms with E-state index in [1.807, 2.05) is 56.5 Å². The summed E-state index contributed by atoms with van der Waals surface area (Å²) in [5.74, 6) is 0.504. The number of hydrogen-bond donors (Lipinski definition) is 0. The summed E-state index contributed by atoms with van der Waals surface area (Å²) in [6.07, 6.45) is 1.32. The number of rotatable bonds is 9. The van der Waals surface area contributed by atoms with Gasteiger partial charge in [0.15, 0.2) is 0 Å². The quantitative estimate of drug-likeness (QED) is 0.345. The Balaban J connectivity index is 1.58. The summed E-state index contributed by atoms with van der Waals surface area (Å²) in [4.78, 5) is 16.8. The van der Waals surface area contributed by atoms with Gasteiger partial charge in [-0.2, -0.15) is 4.31 Å². The summed E-state index contributed by atoms with van der Waals surface area (Å²) in [5, 5.41) is 2.49. The zero-order chi connectivity index (χ0) is 25.9. The van der Waals surface area contributed by atoms with Crippen molar-refractivity contribution in [3.63, 3.8) is 0 Å². The van der Waals surface area contributed by atoms with E-state index in [-0.39, 0.29) is 29.4 Å². The normalized spacial score (nSPS) is 16.6. The van der Waals surface area contributed by atoms with Crippen LogP contribution in [0.2, 0.25) is 5.02 Å². The van der Waals surface area contributed by atoms with E-state index in [1.54, 1.807) is 28.4 Å². The monoisotopic (exact) mass is 546 g/mol. The molecular formula is C27H31ClN2O4S2. The van der Waals surface area contributed by atoms with Crippen LogP contribution in [0.5, 0.6) is 5.75 Å². The predicted molar refractivity (Wildman–Crippen MR) is 144 cm³/mol. The second kappa shape index (κ2) is 11.3. The first kappa shape index (κ1) is 26.7. The van der Waals surface area contributed by atoms with Gasteiger partial charge in [0.1, 0.15) is 12.4 Å². The van der Waals surface area contributed by atoms with Gasteiger partial charge in [-0.25, -0.2) is 8.42 Å². The zero-order valence-electron chi connectivity index (χ0n) is 20.7. The molecule has 2 aromatic carbocycles. The molecule has 0 saturated heterocycles. The van der Waals surface area contributed by atoms with E-state index in [2.05, 4.69) is 0 Å². The van der Waals surface area contributed by atoms with Crippen LogP contribution < -0.4 is 4.74 Å². The molecule has 36 heavy (non-hydrogen) atoms. The zero-order valence-corrected chi connectivity index (χ0v) is 23.1. The minimum Gasteiger partial charge on any atom is -0.491 e. The molecule has 0 aliphatic carbocycles. The van der Waals surface area contributed by atoms with Crippen LogP contribution in [0.25, 0.3) is 0 Å². The van der Waals surface area contributed by atoms with Crippen LogP contribution in [0, 0.1) is 6.92 Å². The van der Waals surface area contributed by atoms with E-state index in [0.717, 1.165) is 23.3 Å². The Hall–Kier alpha value is -2.39. The largest absolute Gasteiger partial charge is 0.491 e. The molecular weight excluding hydrogens is 516 g/mol. The molecule has 9 heteroatoms. The molecule has 6 nitrogen and oxygen atoms in total. The van der Waals surface area contributed by atoms with Crippen LogP contribution in [0.3, 0.4) is 0 Å². The maximum atomic E-state index is 13.7. The lowest BCUT2D eigenvalue weighted by Crippen LogP contribution is -2.49. The number of benzene rings is 2. The number of fused-ring (bicyclic) bond motifs is 1. The molecule has 1 aliphatic heterocycles. The topological polar surface area (TPSA) is 66.9 Å². The minimum absolute atomic E-state index is 0.123. The third-order valence-electron chi connectivity index (χ3n) is 6.64. The Morgan fingerprint density at radius 2 is 1.86 bits per heavy atom. The van der Waals surface area contributed by atoms with Crippen molar-refractivity contribution in [2.24, 2.45) is 0 Å². The molecule has 192 valence electrons. The highest BCUT2D eigenvalue weighted by Gasteiger charge is 2.36. The maximum absolute atomic E-state index is 13.7. The molecule has 0 fully saturated rings. The second-order valence-corrected chi connectivity index (χ2v) is 12.4. The van der Waals surface area contributed by atoms with Gasteiger partial charge >= 0.3 is 0 Å². The third-order valence-corrected chi connectivity index (χ3v) is 9.86. The molecule has 0 N–H and O–H groups in total. The van der Waals surface area contributed by atoms with Crippen LogP contribution in [-0.2, 0) is 21.2 Å². The van der Waals surface area contributed by atoms with Crippen molar-refractivity contribution in [3.8, 4) is 5.75 Å². The SMILES string of the molecule is CC[C@@H](C)N(CC(=O)N1CCc2sccc2[C@@H]1COc1ccc(C)cc1)S(=O)(=O)c1ccc(Cl)cc1. The van der Waals surface area contributed by atoms with E-state index < -0.39 is 10.0 Å². The summed E-state index contributed by atoms with van der Waals surface area (Å²) in [6.45, 7) is 6.34. The lowest BCUT2D eigenvalue weighted by Gasteiger charge is -2.37. The second-order valence-electron chi connectivity index (χ2n) is 9.04. The van der Waals surface area contributed by atoms with Crippen LogP contribution in [0.1, 0.15) is 42.3 Å². The van der Waals surface area contributed by atoms with Crippen molar-refractivity contribution in [2.45, 2.75) is 50.6 Å². The summed E-state index contributed by atoms with van der Waals surface area (Å²) in [5.41, 5.74) is 2.21. The molecule has 0 saturated carbocycles. The summed E-state index contributed by atoms with van der Waals surface area (Å²) in [6, 6.07) is 15.3. The van der Waals surface area contributed by atoms with Gasteiger partial charge < -0.3 is 9.64 Å². The summed E-state index contributed by atoms with van der Waals surface area (Å²) < 4.78 is 34.5. The number of carbonyl (C=O) groups excluding carboxylic acids is 1. The number of ether oxygens (including phenoxy) is 1. The van der Waals surface area contributed by atoms with Crippen molar-refractivity contribution in [2.75, 3.05) is 19.7 Å². The van der Waals surface area contributed by atoms with Crippen LogP contribution in [0.15, 0.2) is 64.9 Å². The Morgan fingerprint density at radius 3 is 2.53 bits per heavy atom. The van der Waals surface area contributed by atoms with Gasteiger partial charge in [-0.15, -0.1) is 11.3 Å². The van der Waals surface area contributed by atoms with Gasteiger partial charge in [-0.05, 0) is 80.1 Å². The maximum Gasteiger partial charge on any atom is 0.243 e. The number of halogens is 1. The molecule has 3 aromatic rings. The first-order valence-electron chi connectivity index (χ1n) is 12.0. The van der Waals surface area contributed by atoms with Crippen LogP contribution in [-0.4, -0.2) is 49.3 Å². The highest BCUT2D eigenvalue weighted by Crippen LogP contribution is 2.34. The van der Waals surface area contributed by atoms with E-state index in [0.29, 0.717) is 24.6 Å².